The van der Waals surface area contributed by atoms with Crippen LogP contribution in [0.25, 0.3) is 5.57 Å². The van der Waals surface area contributed by atoms with Crippen LogP contribution in [0.2, 0.25) is 0 Å². The molecule has 0 unspecified atom stereocenters. The zero-order chi connectivity index (χ0) is 11.1. The largest absolute Gasteiger partial charge is 0.481 e. The summed E-state index contributed by atoms with van der Waals surface area (Å²) in [7, 11) is -3.43. The molecule has 0 saturated heterocycles. The molecule has 0 radical (unpaired) electrons. The van der Waals surface area contributed by atoms with Crippen LogP contribution in [0.4, 0.5) is 0 Å². The van der Waals surface area contributed by atoms with Crippen LogP contribution in [0, 0.1) is 0 Å². The summed E-state index contributed by atoms with van der Waals surface area (Å²) < 4.78 is 23.2. The fraction of sp³-hybridized carbons (Fsp3) is 0.100. The lowest BCUT2D eigenvalue weighted by atomic mass is 10.1. The molecule has 0 bridgehead atoms. The highest BCUT2D eigenvalue weighted by atomic mass is 32.2. The topological polar surface area (TPSA) is 71.4 Å². The van der Waals surface area contributed by atoms with Gasteiger partial charge in [-0.15, -0.1) is 0 Å². The van der Waals surface area contributed by atoms with E-state index >= 15 is 0 Å². The van der Waals surface area contributed by atoms with Gasteiger partial charge in [-0.25, -0.2) is 8.42 Å². The van der Waals surface area contributed by atoms with Crippen molar-refractivity contribution >= 4 is 21.4 Å². The smallest absolute Gasteiger partial charge is 0.307 e. The summed E-state index contributed by atoms with van der Waals surface area (Å²) in [6.07, 6.45) is -0.268. The number of hydrogen-bond donors (Lipinski definition) is 1. The lowest BCUT2D eigenvalue weighted by Crippen LogP contribution is -1.95. The van der Waals surface area contributed by atoms with Crippen molar-refractivity contribution < 1.29 is 18.3 Å². The first kappa shape index (κ1) is 9.92. The molecule has 1 N–H and O–H groups in total. The van der Waals surface area contributed by atoms with Crippen molar-refractivity contribution in [3.8, 4) is 0 Å². The first-order chi connectivity index (χ1) is 7.00. The van der Waals surface area contributed by atoms with E-state index in [0.717, 1.165) is 5.41 Å². The molecule has 0 spiro atoms. The molecule has 0 saturated carbocycles. The minimum absolute atomic E-state index is 0.196. The van der Waals surface area contributed by atoms with E-state index in [1.165, 1.54) is 6.07 Å². The maximum absolute atomic E-state index is 11.6. The molecular weight excluding hydrogens is 216 g/mol. The molecule has 1 aromatic carbocycles. The van der Waals surface area contributed by atoms with Crippen LogP contribution >= 0.6 is 0 Å². The highest BCUT2D eigenvalue weighted by molar-refractivity contribution is 7.95. The Morgan fingerprint density at radius 2 is 1.93 bits per heavy atom. The number of hydrogen-bond acceptors (Lipinski definition) is 3. The van der Waals surface area contributed by atoms with E-state index < -0.39 is 15.8 Å². The standard InChI is InChI=1S/C10H8O4S/c11-10(12)5-7-6-15(13,14)9-4-2-1-3-8(7)9/h1-4,6H,5H2,(H,11,12). The Hall–Kier alpha value is -1.62. The zero-order valence-corrected chi connectivity index (χ0v) is 8.49. The lowest BCUT2D eigenvalue weighted by Gasteiger charge is -2.00. The molecule has 1 aliphatic rings. The van der Waals surface area contributed by atoms with Crippen LogP contribution in [0.5, 0.6) is 0 Å². The minimum atomic E-state index is -3.43. The number of rotatable bonds is 2. The normalized spacial score (nSPS) is 16.9. The molecule has 1 heterocycles. The van der Waals surface area contributed by atoms with Gasteiger partial charge >= 0.3 is 5.97 Å². The van der Waals surface area contributed by atoms with E-state index in [4.69, 9.17) is 5.11 Å². The van der Waals surface area contributed by atoms with Crippen molar-refractivity contribution in [3.05, 3.63) is 35.2 Å². The highest BCUT2D eigenvalue weighted by Crippen LogP contribution is 2.34. The van der Waals surface area contributed by atoms with Gasteiger partial charge in [0.05, 0.1) is 11.3 Å². The van der Waals surface area contributed by atoms with Crippen LogP contribution < -0.4 is 0 Å². The molecule has 0 aromatic heterocycles. The van der Waals surface area contributed by atoms with Gasteiger partial charge in [-0.3, -0.25) is 4.79 Å². The van der Waals surface area contributed by atoms with Gasteiger partial charge in [-0.05, 0) is 17.2 Å². The van der Waals surface area contributed by atoms with Crippen molar-refractivity contribution in [1.82, 2.24) is 0 Å². The number of carbonyl (C=O) groups is 1. The molecular formula is C10H8O4S. The van der Waals surface area contributed by atoms with E-state index in [9.17, 15) is 13.2 Å². The van der Waals surface area contributed by atoms with Crippen LogP contribution in [-0.2, 0) is 14.6 Å². The molecule has 0 amide bonds. The SMILES string of the molecule is O=C(O)CC1=CS(=O)(=O)c2ccccc21. The Morgan fingerprint density at radius 3 is 2.60 bits per heavy atom. The summed E-state index contributed by atoms with van der Waals surface area (Å²) >= 11 is 0. The number of aliphatic carboxylic acids is 1. The molecule has 5 heteroatoms. The van der Waals surface area contributed by atoms with Crippen molar-refractivity contribution in [3.63, 3.8) is 0 Å². The quantitative estimate of drug-likeness (QED) is 0.821. The number of benzene rings is 1. The first-order valence-corrected chi connectivity index (χ1v) is 5.82. The van der Waals surface area contributed by atoms with Crippen LogP contribution in [0.3, 0.4) is 0 Å². The van der Waals surface area contributed by atoms with Crippen molar-refractivity contribution in [2.24, 2.45) is 0 Å². The molecule has 78 valence electrons. The summed E-state index contributed by atoms with van der Waals surface area (Å²) in [6, 6.07) is 6.41. The van der Waals surface area contributed by atoms with Crippen LogP contribution in [-0.4, -0.2) is 19.5 Å². The monoisotopic (exact) mass is 224 g/mol. The van der Waals surface area contributed by atoms with Gasteiger partial charge in [-0.1, -0.05) is 18.2 Å². The average Bonchev–Trinajstić information content (AvgIpc) is 2.39. The maximum atomic E-state index is 11.6. The number of carboxylic acid groups (broad SMARTS) is 1. The summed E-state index contributed by atoms with van der Waals surface area (Å²) in [5, 5.41) is 9.67. The van der Waals surface area contributed by atoms with Crippen molar-refractivity contribution in [2.75, 3.05) is 0 Å². The number of sulfone groups is 1. The molecule has 1 aromatic rings. The minimum Gasteiger partial charge on any atom is -0.481 e. The van der Waals surface area contributed by atoms with Gasteiger partial charge < -0.3 is 5.11 Å². The van der Waals surface area contributed by atoms with Gasteiger partial charge in [-0.2, -0.15) is 0 Å². The Balaban J connectivity index is 2.58. The Labute approximate surface area is 86.8 Å². The van der Waals surface area contributed by atoms with Crippen LogP contribution in [0.1, 0.15) is 12.0 Å². The van der Waals surface area contributed by atoms with Gasteiger partial charge in [0.25, 0.3) is 0 Å². The fourth-order valence-electron chi connectivity index (χ4n) is 1.59. The molecule has 15 heavy (non-hydrogen) atoms. The number of fused-ring (bicyclic) bond motifs is 1. The van der Waals surface area contributed by atoms with Gasteiger partial charge in [0, 0.05) is 5.41 Å². The molecule has 0 aliphatic carbocycles. The van der Waals surface area contributed by atoms with Gasteiger partial charge in [0.2, 0.25) is 9.84 Å². The molecule has 1 aliphatic heterocycles. The first-order valence-electron chi connectivity index (χ1n) is 4.27. The van der Waals surface area contributed by atoms with E-state index in [0.29, 0.717) is 11.1 Å². The Bertz CT molecular complexity index is 555. The van der Waals surface area contributed by atoms with Crippen molar-refractivity contribution in [1.29, 1.82) is 0 Å². The highest BCUT2D eigenvalue weighted by Gasteiger charge is 2.27. The zero-order valence-electron chi connectivity index (χ0n) is 7.67. The molecule has 2 rings (SSSR count). The average molecular weight is 224 g/mol. The summed E-state index contributed by atoms with van der Waals surface area (Å²) in [5.41, 5.74) is 0.845. The summed E-state index contributed by atoms with van der Waals surface area (Å²) in [5.74, 6) is -1.03. The van der Waals surface area contributed by atoms with Crippen molar-refractivity contribution in [2.45, 2.75) is 11.3 Å². The van der Waals surface area contributed by atoms with E-state index in [-0.39, 0.29) is 11.3 Å². The van der Waals surface area contributed by atoms with E-state index in [1.54, 1.807) is 18.2 Å². The summed E-state index contributed by atoms with van der Waals surface area (Å²) in [6.45, 7) is 0. The molecule has 0 fully saturated rings. The Kier molecular flexibility index (Phi) is 2.12. The molecule has 0 atom stereocenters. The molecule has 4 nitrogen and oxygen atoms in total. The van der Waals surface area contributed by atoms with E-state index in [2.05, 4.69) is 0 Å². The Morgan fingerprint density at radius 1 is 1.27 bits per heavy atom. The third kappa shape index (κ3) is 1.66. The van der Waals surface area contributed by atoms with Gasteiger partial charge in [0.1, 0.15) is 0 Å². The predicted octanol–water partition coefficient (Wildman–Crippen LogP) is 1.29. The third-order valence-corrected chi connectivity index (χ3v) is 3.74. The predicted molar refractivity (Wildman–Crippen MR) is 53.9 cm³/mol. The maximum Gasteiger partial charge on any atom is 0.307 e. The second-order valence-corrected chi connectivity index (χ2v) is 5.02. The second kappa shape index (κ2) is 3.20. The van der Waals surface area contributed by atoms with Gasteiger partial charge in [0.15, 0.2) is 0 Å². The third-order valence-electron chi connectivity index (χ3n) is 2.18. The number of carboxylic acids is 1. The van der Waals surface area contributed by atoms with Crippen LogP contribution in [0.15, 0.2) is 34.6 Å². The summed E-state index contributed by atoms with van der Waals surface area (Å²) in [4.78, 5) is 10.7. The lowest BCUT2D eigenvalue weighted by molar-refractivity contribution is -0.135. The fourth-order valence-corrected chi connectivity index (χ4v) is 3.08. The second-order valence-electron chi connectivity index (χ2n) is 3.25. The van der Waals surface area contributed by atoms with E-state index in [1.807, 2.05) is 0 Å².